The molecule has 0 radical (unpaired) electrons. The lowest BCUT2D eigenvalue weighted by molar-refractivity contribution is 0.0513. The van der Waals surface area contributed by atoms with Gasteiger partial charge in [0.15, 0.2) is 0 Å². The predicted molar refractivity (Wildman–Crippen MR) is 67.4 cm³/mol. The molecule has 0 saturated carbocycles. The topological polar surface area (TPSA) is 39.2 Å². The van der Waals surface area contributed by atoms with Gasteiger partial charge in [0, 0.05) is 9.77 Å². The van der Waals surface area contributed by atoms with Crippen molar-refractivity contribution in [2.24, 2.45) is 0 Å². The van der Waals surface area contributed by atoms with Gasteiger partial charge < -0.3 is 4.74 Å². The molecular weight excluding hydrogens is 366 g/mol. The summed E-state index contributed by atoms with van der Waals surface area (Å²) in [4.78, 5) is 15.4. The summed E-state index contributed by atoms with van der Waals surface area (Å²) in [6.45, 7) is 1.73. The predicted octanol–water partition coefficient (Wildman–Crippen LogP) is 3.54. The van der Waals surface area contributed by atoms with Gasteiger partial charge in [-0.3, -0.25) is 4.98 Å². The van der Waals surface area contributed by atoms with E-state index in [0.29, 0.717) is 3.57 Å². The number of hydrogen-bond donors (Lipinski definition) is 0. The number of hydrogen-bond acceptors (Lipinski definition) is 3. The maximum atomic E-state index is 12.9. The molecule has 1 aromatic rings. The Balaban J connectivity index is 3.38. The number of aromatic nitrogens is 1. The van der Waals surface area contributed by atoms with Gasteiger partial charge in [0.1, 0.15) is 0 Å². The standard InChI is InChI=1S/C10H9ClF2INO2/c1-2-17-10(16)7-5(14)4-15-6(3-11)8(7)9(12)13/h4,9H,2-3H2,1H3. The second-order valence-corrected chi connectivity index (χ2v) is 4.43. The van der Waals surface area contributed by atoms with Crippen LogP contribution in [0.2, 0.25) is 0 Å². The normalized spacial score (nSPS) is 10.7. The molecule has 1 heterocycles. The first-order valence-corrected chi connectivity index (χ1v) is 6.32. The van der Waals surface area contributed by atoms with Crippen molar-refractivity contribution in [2.45, 2.75) is 19.2 Å². The molecule has 17 heavy (non-hydrogen) atoms. The lowest BCUT2D eigenvalue weighted by Crippen LogP contribution is -2.13. The van der Waals surface area contributed by atoms with E-state index < -0.39 is 18.0 Å². The van der Waals surface area contributed by atoms with Crippen LogP contribution in [0, 0.1) is 3.57 Å². The Labute approximate surface area is 116 Å². The number of carbonyl (C=O) groups is 1. The molecule has 0 fully saturated rings. The monoisotopic (exact) mass is 375 g/mol. The summed E-state index contributed by atoms with van der Waals surface area (Å²) in [7, 11) is 0. The largest absolute Gasteiger partial charge is 0.462 e. The van der Waals surface area contributed by atoms with Crippen LogP contribution in [-0.4, -0.2) is 17.6 Å². The molecule has 94 valence electrons. The Morgan fingerprint density at radius 1 is 1.65 bits per heavy atom. The molecule has 0 aliphatic rings. The second-order valence-electron chi connectivity index (χ2n) is 3.00. The van der Waals surface area contributed by atoms with Crippen LogP contribution < -0.4 is 0 Å². The summed E-state index contributed by atoms with van der Waals surface area (Å²) in [6, 6.07) is 0. The fourth-order valence-corrected chi connectivity index (χ4v) is 2.16. The summed E-state index contributed by atoms with van der Waals surface area (Å²) >= 11 is 7.30. The molecule has 0 bridgehead atoms. The lowest BCUT2D eigenvalue weighted by atomic mass is 10.1. The maximum Gasteiger partial charge on any atom is 0.339 e. The van der Waals surface area contributed by atoms with E-state index in [1.165, 1.54) is 6.20 Å². The minimum absolute atomic E-state index is 0.00476. The third kappa shape index (κ3) is 3.25. The molecule has 0 aliphatic carbocycles. The molecule has 0 N–H and O–H groups in total. The van der Waals surface area contributed by atoms with Crippen LogP contribution in [0.25, 0.3) is 0 Å². The Morgan fingerprint density at radius 2 is 2.29 bits per heavy atom. The van der Waals surface area contributed by atoms with Crippen molar-refractivity contribution in [3.05, 3.63) is 26.6 Å². The average Bonchev–Trinajstić information content (AvgIpc) is 2.28. The fraction of sp³-hybridized carbons (Fsp3) is 0.400. The van der Waals surface area contributed by atoms with E-state index in [2.05, 4.69) is 4.98 Å². The minimum atomic E-state index is -2.81. The molecule has 0 unspecified atom stereocenters. The number of ether oxygens (including phenoxy) is 1. The van der Waals surface area contributed by atoms with E-state index >= 15 is 0 Å². The van der Waals surface area contributed by atoms with Gasteiger partial charge in [0.2, 0.25) is 0 Å². The molecule has 0 saturated heterocycles. The average molecular weight is 376 g/mol. The van der Waals surface area contributed by atoms with E-state index in [1.54, 1.807) is 29.5 Å². The molecule has 0 spiro atoms. The first-order valence-electron chi connectivity index (χ1n) is 4.71. The smallest absolute Gasteiger partial charge is 0.339 e. The molecule has 1 rings (SSSR count). The van der Waals surface area contributed by atoms with E-state index in [-0.39, 0.29) is 23.7 Å². The number of nitrogens with zero attached hydrogens (tertiary/aromatic N) is 1. The SMILES string of the molecule is CCOC(=O)c1c(I)cnc(CCl)c1C(F)F. The third-order valence-corrected chi connectivity index (χ3v) is 3.05. The van der Waals surface area contributed by atoms with E-state index in [4.69, 9.17) is 16.3 Å². The van der Waals surface area contributed by atoms with Gasteiger partial charge in [-0.05, 0) is 29.5 Å². The Kier molecular flexibility index (Phi) is 5.51. The summed E-state index contributed by atoms with van der Waals surface area (Å²) in [6.07, 6.45) is -1.48. The van der Waals surface area contributed by atoms with Crippen molar-refractivity contribution in [1.82, 2.24) is 4.98 Å². The molecule has 7 heteroatoms. The van der Waals surface area contributed by atoms with Gasteiger partial charge in [-0.1, -0.05) is 0 Å². The summed E-state index contributed by atoms with van der Waals surface area (Å²) in [5, 5.41) is 0. The first-order chi connectivity index (χ1) is 8.02. The molecule has 0 aromatic carbocycles. The highest BCUT2D eigenvalue weighted by Gasteiger charge is 2.26. The summed E-state index contributed by atoms with van der Waals surface area (Å²) in [5.41, 5.74) is -0.580. The van der Waals surface area contributed by atoms with Crippen LogP contribution in [-0.2, 0) is 10.6 Å². The molecule has 0 amide bonds. The lowest BCUT2D eigenvalue weighted by Gasteiger charge is -2.12. The zero-order valence-corrected chi connectivity index (χ0v) is 11.8. The van der Waals surface area contributed by atoms with Crippen LogP contribution in [0.15, 0.2) is 6.20 Å². The summed E-state index contributed by atoms with van der Waals surface area (Å²) in [5.74, 6) is -0.954. The highest BCUT2D eigenvalue weighted by atomic mass is 127. The molecule has 0 atom stereocenters. The van der Waals surface area contributed by atoms with Crippen molar-refractivity contribution >= 4 is 40.2 Å². The van der Waals surface area contributed by atoms with Crippen molar-refractivity contribution in [1.29, 1.82) is 0 Å². The number of pyridine rings is 1. The van der Waals surface area contributed by atoms with E-state index in [9.17, 15) is 13.6 Å². The zero-order valence-electron chi connectivity index (χ0n) is 8.84. The van der Waals surface area contributed by atoms with Crippen molar-refractivity contribution in [2.75, 3.05) is 6.61 Å². The number of halogens is 4. The van der Waals surface area contributed by atoms with Gasteiger partial charge in [-0.15, -0.1) is 11.6 Å². The van der Waals surface area contributed by atoms with Gasteiger partial charge in [-0.25, -0.2) is 13.6 Å². The highest BCUT2D eigenvalue weighted by Crippen LogP contribution is 2.30. The van der Waals surface area contributed by atoms with Crippen LogP contribution >= 0.6 is 34.2 Å². The molecular formula is C10H9ClF2INO2. The fourth-order valence-electron chi connectivity index (χ4n) is 1.29. The van der Waals surface area contributed by atoms with Crippen molar-refractivity contribution in [3.8, 4) is 0 Å². The van der Waals surface area contributed by atoms with Crippen molar-refractivity contribution in [3.63, 3.8) is 0 Å². The quantitative estimate of drug-likeness (QED) is 0.459. The minimum Gasteiger partial charge on any atom is -0.462 e. The zero-order chi connectivity index (χ0) is 13.0. The summed E-state index contributed by atoms with van der Waals surface area (Å²) < 4.78 is 31.0. The number of esters is 1. The van der Waals surface area contributed by atoms with Crippen LogP contribution in [0.3, 0.4) is 0 Å². The van der Waals surface area contributed by atoms with Crippen LogP contribution in [0.4, 0.5) is 8.78 Å². The molecule has 1 aromatic heterocycles. The first kappa shape index (κ1) is 14.6. The second kappa shape index (κ2) is 6.44. The highest BCUT2D eigenvalue weighted by molar-refractivity contribution is 14.1. The third-order valence-electron chi connectivity index (χ3n) is 1.98. The van der Waals surface area contributed by atoms with Gasteiger partial charge in [0.05, 0.1) is 29.3 Å². The number of alkyl halides is 3. The Bertz CT molecular complexity index is 429. The van der Waals surface area contributed by atoms with Gasteiger partial charge >= 0.3 is 5.97 Å². The Morgan fingerprint density at radius 3 is 2.76 bits per heavy atom. The molecule has 0 aliphatic heterocycles. The van der Waals surface area contributed by atoms with Gasteiger partial charge in [0.25, 0.3) is 6.43 Å². The number of rotatable bonds is 4. The maximum absolute atomic E-state index is 12.9. The van der Waals surface area contributed by atoms with E-state index in [1.807, 2.05) is 0 Å². The van der Waals surface area contributed by atoms with Gasteiger partial charge in [-0.2, -0.15) is 0 Å². The van der Waals surface area contributed by atoms with Crippen LogP contribution in [0.5, 0.6) is 0 Å². The van der Waals surface area contributed by atoms with E-state index in [0.717, 1.165) is 0 Å². The Hall–Kier alpha value is -0.500. The number of carbonyl (C=O) groups excluding carboxylic acids is 1. The molecule has 3 nitrogen and oxygen atoms in total. The van der Waals surface area contributed by atoms with Crippen molar-refractivity contribution < 1.29 is 18.3 Å². The van der Waals surface area contributed by atoms with Crippen LogP contribution in [0.1, 0.15) is 35.0 Å².